The maximum absolute atomic E-state index is 11.9. The highest BCUT2D eigenvalue weighted by molar-refractivity contribution is 6.31. The fraction of sp³-hybridized carbons (Fsp3) is 0.308. The zero-order valence-electron chi connectivity index (χ0n) is 9.95. The summed E-state index contributed by atoms with van der Waals surface area (Å²) in [6, 6.07) is 7.01. The Morgan fingerprint density at radius 3 is 2.76 bits per heavy atom. The largest absolute Gasteiger partial charge is 0.443 e. The maximum Gasteiger partial charge on any atom is 0.419 e. The molecule has 0 fully saturated rings. The highest BCUT2D eigenvalue weighted by Gasteiger charge is 2.19. The van der Waals surface area contributed by atoms with Crippen LogP contribution in [0.3, 0.4) is 0 Å². The average Bonchev–Trinajstić information content (AvgIpc) is 2.57. The lowest BCUT2D eigenvalue weighted by Crippen LogP contribution is -2.26. The van der Waals surface area contributed by atoms with E-state index in [9.17, 15) is 4.79 Å². The van der Waals surface area contributed by atoms with Gasteiger partial charge in [-0.3, -0.25) is 0 Å². The minimum Gasteiger partial charge on any atom is -0.443 e. The number of carbonyl (C=O) groups excluding carboxylic acids is 1. The number of nitrogens with zero attached hydrogens (tertiary/aromatic N) is 1. The third kappa shape index (κ3) is 2.61. The Labute approximate surface area is 105 Å². The smallest absolute Gasteiger partial charge is 0.419 e. The quantitative estimate of drug-likeness (QED) is 0.711. The van der Waals surface area contributed by atoms with Gasteiger partial charge in [0.2, 0.25) is 0 Å². The number of benzene rings is 1. The number of hydrogen-bond acceptors (Lipinski definition) is 2. The van der Waals surface area contributed by atoms with Crippen molar-refractivity contribution >= 4 is 28.6 Å². The van der Waals surface area contributed by atoms with Gasteiger partial charge in [0.25, 0.3) is 0 Å². The van der Waals surface area contributed by atoms with Crippen LogP contribution < -0.4 is 0 Å². The van der Waals surface area contributed by atoms with Gasteiger partial charge in [0, 0.05) is 10.4 Å². The van der Waals surface area contributed by atoms with Gasteiger partial charge >= 0.3 is 6.09 Å². The lowest BCUT2D eigenvalue weighted by Gasteiger charge is -2.19. The molecule has 0 aliphatic carbocycles. The van der Waals surface area contributed by atoms with Gasteiger partial charge in [-0.25, -0.2) is 9.36 Å². The predicted octanol–water partition coefficient (Wildman–Crippen LogP) is 3.88. The Morgan fingerprint density at radius 2 is 2.12 bits per heavy atom. The lowest BCUT2D eigenvalue weighted by atomic mass is 10.2. The second-order valence-electron chi connectivity index (χ2n) is 4.79. The fourth-order valence-corrected chi connectivity index (χ4v) is 1.69. The van der Waals surface area contributed by atoms with Gasteiger partial charge in [0.1, 0.15) is 5.60 Å². The van der Waals surface area contributed by atoms with Crippen LogP contribution in [0.4, 0.5) is 4.79 Å². The number of rotatable bonds is 0. The Hall–Kier alpha value is -1.48. The summed E-state index contributed by atoms with van der Waals surface area (Å²) in [7, 11) is 0. The van der Waals surface area contributed by atoms with E-state index < -0.39 is 11.7 Å². The maximum atomic E-state index is 11.9. The fourth-order valence-electron chi connectivity index (χ4n) is 1.51. The van der Waals surface area contributed by atoms with Crippen LogP contribution in [0.25, 0.3) is 10.9 Å². The van der Waals surface area contributed by atoms with Gasteiger partial charge in [-0.15, -0.1) is 0 Å². The van der Waals surface area contributed by atoms with Crippen molar-refractivity contribution in [2.75, 3.05) is 0 Å². The molecule has 1 radical (unpaired) electrons. The minimum absolute atomic E-state index is 0.435. The summed E-state index contributed by atoms with van der Waals surface area (Å²) in [5.41, 5.74) is 0.220. The minimum atomic E-state index is -0.520. The molecule has 0 N–H and O–H groups in total. The molecule has 1 aromatic carbocycles. The molecule has 2 rings (SSSR count). The molecule has 4 heteroatoms. The molecule has 17 heavy (non-hydrogen) atoms. The molecule has 0 saturated carbocycles. The van der Waals surface area contributed by atoms with Gasteiger partial charge in [0.05, 0.1) is 11.7 Å². The van der Waals surface area contributed by atoms with Gasteiger partial charge in [-0.05, 0) is 45.0 Å². The number of hydrogen-bond donors (Lipinski definition) is 0. The molecular formula is C13H13ClNO2. The summed E-state index contributed by atoms with van der Waals surface area (Å²) in [5.74, 6) is 0. The Morgan fingerprint density at radius 1 is 1.41 bits per heavy atom. The van der Waals surface area contributed by atoms with Crippen molar-refractivity contribution in [1.29, 1.82) is 0 Å². The zero-order valence-corrected chi connectivity index (χ0v) is 10.7. The van der Waals surface area contributed by atoms with E-state index in [1.54, 1.807) is 24.3 Å². The van der Waals surface area contributed by atoms with Gasteiger partial charge in [0.15, 0.2) is 0 Å². The van der Waals surface area contributed by atoms with E-state index >= 15 is 0 Å². The van der Waals surface area contributed by atoms with Crippen molar-refractivity contribution in [1.82, 2.24) is 4.57 Å². The second-order valence-corrected chi connectivity index (χ2v) is 5.23. The highest BCUT2D eigenvalue weighted by Crippen LogP contribution is 2.21. The number of halogens is 1. The van der Waals surface area contributed by atoms with Gasteiger partial charge in [-0.1, -0.05) is 11.6 Å². The van der Waals surface area contributed by atoms with Crippen molar-refractivity contribution in [2.45, 2.75) is 26.4 Å². The van der Waals surface area contributed by atoms with Crippen LogP contribution >= 0.6 is 11.6 Å². The first-order chi connectivity index (χ1) is 7.87. The third-order valence-electron chi connectivity index (χ3n) is 2.16. The predicted molar refractivity (Wildman–Crippen MR) is 67.4 cm³/mol. The van der Waals surface area contributed by atoms with Crippen LogP contribution in [0.5, 0.6) is 0 Å². The molecule has 0 bridgehead atoms. The molecule has 0 aliphatic rings. The standard InChI is InChI=1S/C13H13ClNO2/c1-13(2,3)17-12(16)15-7-6-9-8-10(14)4-5-11(9)15/h4-6,8H,1-3H3. The summed E-state index contributed by atoms with van der Waals surface area (Å²) >= 11 is 5.87. The van der Waals surface area contributed by atoms with E-state index in [0.29, 0.717) is 5.02 Å². The van der Waals surface area contributed by atoms with Crippen LogP contribution in [-0.4, -0.2) is 16.3 Å². The summed E-state index contributed by atoms with van der Waals surface area (Å²) in [6.07, 6.45) is 2.41. The number of carbonyl (C=O) groups is 1. The second kappa shape index (κ2) is 4.08. The van der Waals surface area contributed by atoms with E-state index in [1.807, 2.05) is 20.8 Å². The van der Waals surface area contributed by atoms with E-state index in [2.05, 4.69) is 6.20 Å². The molecule has 0 atom stereocenters. The van der Waals surface area contributed by atoms with Crippen LogP contribution in [0.1, 0.15) is 20.8 Å². The van der Waals surface area contributed by atoms with Gasteiger partial charge < -0.3 is 4.74 Å². The molecular weight excluding hydrogens is 238 g/mol. The van der Waals surface area contributed by atoms with Gasteiger partial charge in [-0.2, -0.15) is 0 Å². The first kappa shape index (κ1) is 12.0. The number of ether oxygens (including phenoxy) is 1. The van der Waals surface area contributed by atoms with Crippen molar-refractivity contribution in [3.8, 4) is 0 Å². The van der Waals surface area contributed by atoms with Crippen molar-refractivity contribution in [2.24, 2.45) is 0 Å². The molecule has 0 saturated heterocycles. The first-order valence-electron chi connectivity index (χ1n) is 5.29. The number of aromatic nitrogens is 1. The van der Waals surface area contributed by atoms with Crippen molar-refractivity contribution in [3.05, 3.63) is 35.5 Å². The Kier molecular flexibility index (Phi) is 2.87. The molecule has 2 aromatic rings. The van der Waals surface area contributed by atoms with E-state index in [-0.39, 0.29) is 0 Å². The normalized spacial score (nSPS) is 11.8. The summed E-state index contributed by atoms with van der Waals surface area (Å²) in [4.78, 5) is 11.9. The number of fused-ring (bicyclic) bond motifs is 1. The first-order valence-corrected chi connectivity index (χ1v) is 5.67. The highest BCUT2D eigenvalue weighted by atomic mass is 35.5. The summed E-state index contributed by atoms with van der Waals surface area (Å²) < 4.78 is 6.64. The van der Waals surface area contributed by atoms with Crippen LogP contribution in [0, 0.1) is 6.20 Å². The lowest BCUT2D eigenvalue weighted by molar-refractivity contribution is 0.0543. The molecule has 1 aromatic heterocycles. The van der Waals surface area contributed by atoms with E-state index in [1.165, 1.54) is 4.57 Å². The van der Waals surface area contributed by atoms with Crippen LogP contribution in [0.2, 0.25) is 5.02 Å². The van der Waals surface area contributed by atoms with Crippen LogP contribution in [0.15, 0.2) is 24.3 Å². The summed E-state index contributed by atoms with van der Waals surface area (Å²) in [6.45, 7) is 5.48. The Balaban J connectivity index is 2.40. The molecule has 0 spiro atoms. The van der Waals surface area contributed by atoms with Crippen molar-refractivity contribution in [3.63, 3.8) is 0 Å². The topological polar surface area (TPSA) is 31.2 Å². The van der Waals surface area contributed by atoms with Crippen LogP contribution in [-0.2, 0) is 4.74 Å². The molecule has 3 nitrogen and oxygen atoms in total. The van der Waals surface area contributed by atoms with E-state index in [0.717, 1.165) is 10.9 Å². The zero-order chi connectivity index (χ0) is 12.6. The SMILES string of the molecule is CC(C)(C)OC(=O)n1[c]cc2cc(Cl)ccc21. The van der Waals surface area contributed by atoms with E-state index in [4.69, 9.17) is 16.3 Å². The molecule has 89 valence electrons. The summed E-state index contributed by atoms with van der Waals surface area (Å²) in [5, 5.41) is 1.50. The molecule has 0 amide bonds. The molecule has 0 unspecified atom stereocenters. The third-order valence-corrected chi connectivity index (χ3v) is 2.39. The molecule has 1 heterocycles. The monoisotopic (exact) mass is 250 g/mol. The van der Waals surface area contributed by atoms with Crippen molar-refractivity contribution < 1.29 is 9.53 Å². The average molecular weight is 251 g/mol. The molecule has 0 aliphatic heterocycles. The Bertz CT molecular complexity index is 566.